The molecule has 1 aromatic rings. The predicted octanol–water partition coefficient (Wildman–Crippen LogP) is 1.95. The fourth-order valence-corrected chi connectivity index (χ4v) is 5.52. The van der Waals surface area contributed by atoms with E-state index in [1.807, 2.05) is 37.8 Å². The average Bonchev–Trinajstić information content (AvgIpc) is 2.61. The Labute approximate surface area is 156 Å². The number of sulfonamides is 1. The second-order valence-electron chi connectivity index (χ2n) is 7.41. The molecule has 2 fully saturated rings. The summed E-state index contributed by atoms with van der Waals surface area (Å²) < 4.78 is 32.9. The first-order valence-electron chi connectivity index (χ1n) is 9.27. The van der Waals surface area contributed by atoms with E-state index >= 15 is 0 Å². The number of piperidine rings is 1. The maximum atomic E-state index is 13.0. The van der Waals surface area contributed by atoms with Crippen molar-refractivity contribution < 1.29 is 17.9 Å². The zero-order chi connectivity index (χ0) is 18.9. The van der Waals surface area contributed by atoms with Crippen LogP contribution >= 0.6 is 0 Å². The molecule has 26 heavy (non-hydrogen) atoms. The third kappa shape index (κ3) is 3.94. The van der Waals surface area contributed by atoms with E-state index in [1.165, 1.54) is 4.31 Å². The van der Waals surface area contributed by atoms with Gasteiger partial charge in [0.1, 0.15) is 0 Å². The number of aryl methyl sites for hydroxylation is 2. The van der Waals surface area contributed by atoms with Crippen LogP contribution in [0.5, 0.6) is 0 Å². The zero-order valence-electron chi connectivity index (χ0n) is 15.8. The van der Waals surface area contributed by atoms with Crippen molar-refractivity contribution in [3.63, 3.8) is 0 Å². The zero-order valence-corrected chi connectivity index (χ0v) is 16.6. The van der Waals surface area contributed by atoms with E-state index in [-0.39, 0.29) is 17.9 Å². The number of rotatable bonds is 3. The molecule has 2 aliphatic heterocycles. The molecule has 2 aliphatic rings. The minimum absolute atomic E-state index is 0.0673. The quantitative estimate of drug-likeness (QED) is 0.804. The summed E-state index contributed by atoms with van der Waals surface area (Å²) in [5.74, 6) is 0.0505. The molecule has 3 rings (SSSR count). The van der Waals surface area contributed by atoms with Gasteiger partial charge >= 0.3 is 0 Å². The minimum atomic E-state index is -3.50. The van der Waals surface area contributed by atoms with Gasteiger partial charge < -0.3 is 9.64 Å². The van der Waals surface area contributed by atoms with Gasteiger partial charge in [0.25, 0.3) is 0 Å². The maximum absolute atomic E-state index is 13.0. The third-order valence-electron chi connectivity index (χ3n) is 5.30. The smallest absolute Gasteiger partial charge is 0.243 e. The highest BCUT2D eigenvalue weighted by molar-refractivity contribution is 7.89. The predicted molar refractivity (Wildman–Crippen MR) is 99.4 cm³/mol. The van der Waals surface area contributed by atoms with Crippen LogP contribution in [0.1, 0.15) is 30.9 Å². The molecule has 0 saturated carbocycles. The van der Waals surface area contributed by atoms with Crippen molar-refractivity contribution in [1.29, 1.82) is 0 Å². The SMILES string of the molecule is Cc1ccc(S(=O)(=O)N2CCC(C(=O)N3CCOC(C)C3)CC2)c(C)c1. The number of ether oxygens (including phenoxy) is 1. The largest absolute Gasteiger partial charge is 0.375 e. The molecule has 144 valence electrons. The van der Waals surface area contributed by atoms with E-state index in [4.69, 9.17) is 4.74 Å². The topological polar surface area (TPSA) is 66.9 Å². The fraction of sp³-hybridized carbons (Fsp3) is 0.632. The van der Waals surface area contributed by atoms with Crippen molar-refractivity contribution in [1.82, 2.24) is 9.21 Å². The van der Waals surface area contributed by atoms with E-state index in [1.54, 1.807) is 6.07 Å². The first-order chi connectivity index (χ1) is 12.3. The standard InChI is InChI=1S/C19H28N2O4S/c1-14-4-5-18(15(2)12-14)26(23,24)21-8-6-17(7-9-21)19(22)20-10-11-25-16(3)13-20/h4-5,12,16-17H,6-11,13H2,1-3H3. The Morgan fingerprint density at radius 3 is 2.46 bits per heavy atom. The van der Waals surface area contributed by atoms with Crippen LogP contribution in [0.2, 0.25) is 0 Å². The monoisotopic (exact) mass is 380 g/mol. The highest BCUT2D eigenvalue weighted by Gasteiger charge is 2.35. The summed E-state index contributed by atoms with van der Waals surface area (Å²) in [7, 11) is -3.50. The number of nitrogens with zero attached hydrogens (tertiary/aromatic N) is 2. The van der Waals surface area contributed by atoms with Gasteiger partial charge in [-0.15, -0.1) is 0 Å². The first-order valence-corrected chi connectivity index (χ1v) is 10.7. The lowest BCUT2D eigenvalue weighted by atomic mass is 9.96. The van der Waals surface area contributed by atoms with Gasteiger partial charge in [0.15, 0.2) is 0 Å². The van der Waals surface area contributed by atoms with Gasteiger partial charge in [-0.3, -0.25) is 4.79 Å². The summed E-state index contributed by atoms with van der Waals surface area (Å²) >= 11 is 0. The molecule has 0 bridgehead atoms. The van der Waals surface area contributed by atoms with Crippen LogP contribution in [-0.4, -0.2) is 62.4 Å². The number of carbonyl (C=O) groups is 1. The molecule has 2 heterocycles. The molecule has 2 saturated heterocycles. The van der Waals surface area contributed by atoms with Crippen molar-refractivity contribution in [2.24, 2.45) is 5.92 Å². The molecular formula is C19H28N2O4S. The molecule has 0 radical (unpaired) electrons. The lowest BCUT2D eigenvalue weighted by Crippen LogP contribution is -2.49. The second-order valence-corrected chi connectivity index (χ2v) is 9.32. The molecule has 0 spiro atoms. The molecule has 0 aliphatic carbocycles. The third-order valence-corrected chi connectivity index (χ3v) is 7.36. The van der Waals surface area contributed by atoms with E-state index in [0.717, 1.165) is 11.1 Å². The van der Waals surface area contributed by atoms with Crippen molar-refractivity contribution in [3.05, 3.63) is 29.3 Å². The summed E-state index contributed by atoms with van der Waals surface area (Å²) in [5, 5.41) is 0. The molecule has 1 aromatic carbocycles. The molecule has 0 N–H and O–H groups in total. The summed E-state index contributed by atoms with van der Waals surface area (Å²) in [4.78, 5) is 15.0. The van der Waals surface area contributed by atoms with E-state index in [2.05, 4.69) is 0 Å². The molecule has 7 heteroatoms. The summed E-state index contributed by atoms with van der Waals surface area (Å²) in [5.41, 5.74) is 1.82. The van der Waals surface area contributed by atoms with Crippen molar-refractivity contribution in [2.45, 2.75) is 44.6 Å². The number of hydrogen-bond donors (Lipinski definition) is 0. The van der Waals surface area contributed by atoms with Crippen molar-refractivity contribution in [3.8, 4) is 0 Å². The second kappa shape index (κ2) is 7.66. The van der Waals surface area contributed by atoms with Crippen LogP contribution in [0, 0.1) is 19.8 Å². The van der Waals surface area contributed by atoms with E-state index in [0.29, 0.717) is 50.5 Å². The fourth-order valence-electron chi connectivity index (χ4n) is 3.85. The number of morpholine rings is 1. The molecule has 0 aromatic heterocycles. The number of hydrogen-bond acceptors (Lipinski definition) is 4. The van der Waals surface area contributed by atoms with Crippen LogP contribution in [0.3, 0.4) is 0 Å². The molecule has 1 atom stereocenters. The van der Waals surface area contributed by atoms with Gasteiger partial charge in [-0.05, 0) is 45.2 Å². The van der Waals surface area contributed by atoms with Crippen LogP contribution in [-0.2, 0) is 19.6 Å². The van der Waals surface area contributed by atoms with Crippen molar-refractivity contribution in [2.75, 3.05) is 32.8 Å². The lowest BCUT2D eigenvalue weighted by molar-refractivity contribution is -0.143. The lowest BCUT2D eigenvalue weighted by Gasteiger charge is -2.36. The summed E-state index contributed by atoms with van der Waals surface area (Å²) in [6, 6.07) is 5.41. The highest BCUT2D eigenvalue weighted by Crippen LogP contribution is 2.27. The van der Waals surface area contributed by atoms with Crippen LogP contribution in [0.4, 0.5) is 0 Å². The summed E-state index contributed by atoms with van der Waals surface area (Å²) in [6.07, 6.45) is 1.22. The number of amides is 1. The van der Waals surface area contributed by atoms with Gasteiger partial charge in [-0.1, -0.05) is 17.7 Å². The Kier molecular flexibility index (Phi) is 5.69. The van der Waals surface area contributed by atoms with Crippen LogP contribution < -0.4 is 0 Å². The Morgan fingerprint density at radius 2 is 1.85 bits per heavy atom. The van der Waals surface area contributed by atoms with Crippen LogP contribution in [0.25, 0.3) is 0 Å². The van der Waals surface area contributed by atoms with E-state index < -0.39 is 10.0 Å². The number of benzene rings is 1. The first kappa shape index (κ1) is 19.3. The molecule has 6 nitrogen and oxygen atoms in total. The Bertz CT molecular complexity index is 770. The minimum Gasteiger partial charge on any atom is -0.375 e. The van der Waals surface area contributed by atoms with E-state index in [9.17, 15) is 13.2 Å². The van der Waals surface area contributed by atoms with Gasteiger partial charge in [0.05, 0.1) is 17.6 Å². The Hall–Kier alpha value is -1.44. The average molecular weight is 381 g/mol. The highest BCUT2D eigenvalue weighted by atomic mass is 32.2. The normalized spacial score (nSPS) is 23.2. The Balaban J connectivity index is 1.65. The van der Waals surface area contributed by atoms with Gasteiger partial charge in [0.2, 0.25) is 15.9 Å². The molecule has 1 amide bonds. The maximum Gasteiger partial charge on any atom is 0.243 e. The number of carbonyl (C=O) groups excluding carboxylic acids is 1. The summed E-state index contributed by atoms with van der Waals surface area (Å²) in [6.45, 7) is 8.37. The Morgan fingerprint density at radius 1 is 1.15 bits per heavy atom. The van der Waals surface area contributed by atoms with Gasteiger partial charge in [0, 0.05) is 32.1 Å². The van der Waals surface area contributed by atoms with Gasteiger partial charge in [-0.2, -0.15) is 4.31 Å². The molecule has 1 unspecified atom stereocenters. The molecular weight excluding hydrogens is 352 g/mol. The van der Waals surface area contributed by atoms with Gasteiger partial charge in [-0.25, -0.2) is 8.42 Å². The van der Waals surface area contributed by atoms with Crippen LogP contribution in [0.15, 0.2) is 23.1 Å². The van der Waals surface area contributed by atoms with Crippen molar-refractivity contribution >= 4 is 15.9 Å².